The second kappa shape index (κ2) is 6.53. The summed E-state index contributed by atoms with van der Waals surface area (Å²) in [7, 11) is 0. The highest BCUT2D eigenvalue weighted by Crippen LogP contribution is 2.20. The van der Waals surface area contributed by atoms with Crippen LogP contribution in [-0.4, -0.2) is 17.0 Å². The van der Waals surface area contributed by atoms with Gasteiger partial charge in [0.05, 0.1) is 0 Å². The lowest BCUT2D eigenvalue weighted by atomic mass is 10.1. The minimum Gasteiger partial charge on any atom is -0.324 e. The molecule has 23 heavy (non-hydrogen) atoms. The number of carbonyl (C=O) groups excluding carboxylic acids is 1. The van der Waals surface area contributed by atoms with E-state index in [4.69, 9.17) is 0 Å². The molecule has 0 aliphatic carbocycles. The molecule has 1 aromatic heterocycles. The van der Waals surface area contributed by atoms with Crippen molar-refractivity contribution >= 4 is 11.6 Å². The molecule has 0 bridgehead atoms. The third-order valence-corrected chi connectivity index (χ3v) is 3.87. The fourth-order valence-corrected chi connectivity index (χ4v) is 2.70. The summed E-state index contributed by atoms with van der Waals surface area (Å²) in [5.41, 5.74) is 3.76. The summed E-state index contributed by atoms with van der Waals surface area (Å²) in [5.74, 6) is 0.0205. The molecule has 3 heteroatoms. The molecule has 3 rings (SSSR count). The van der Waals surface area contributed by atoms with Crippen molar-refractivity contribution in [1.82, 2.24) is 4.57 Å². The number of hydrogen-bond acceptors (Lipinski definition) is 1. The summed E-state index contributed by atoms with van der Waals surface area (Å²) < 4.78 is 2.00. The standard InChI is InChI=1S/C20H20N2O/c1-3-22(19-11-6-8-16(2)14-19)20(23)17-9-7-10-18(15-17)21-12-4-5-13-21/h4-15H,3H2,1-2H3. The average Bonchev–Trinajstić information content (AvgIpc) is 3.10. The van der Waals surface area contributed by atoms with E-state index >= 15 is 0 Å². The third kappa shape index (κ3) is 3.19. The number of rotatable bonds is 4. The van der Waals surface area contributed by atoms with Crippen LogP contribution in [0.2, 0.25) is 0 Å². The first-order chi connectivity index (χ1) is 11.2. The molecule has 0 radical (unpaired) electrons. The van der Waals surface area contributed by atoms with Crippen molar-refractivity contribution in [3.8, 4) is 5.69 Å². The lowest BCUT2D eigenvalue weighted by molar-refractivity contribution is 0.0988. The SMILES string of the molecule is CCN(C(=O)c1cccc(-n2cccc2)c1)c1cccc(C)c1. The molecule has 0 saturated carbocycles. The third-order valence-electron chi connectivity index (χ3n) is 3.87. The van der Waals surface area contributed by atoms with Crippen molar-refractivity contribution in [1.29, 1.82) is 0 Å². The zero-order valence-corrected chi connectivity index (χ0v) is 13.4. The van der Waals surface area contributed by atoms with Crippen LogP contribution in [-0.2, 0) is 0 Å². The molecule has 0 aliphatic rings. The number of amides is 1. The Hall–Kier alpha value is -2.81. The number of aryl methyl sites for hydroxylation is 1. The fraction of sp³-hybridized carbons (Fsp3) is 0.150. The lowest BCUT2D eigenvalue weighted by Crippen LogP contribution is -2.30. The highest BCUT2D eigenvalue weighted by molar-refractivity contribution is 6.06. The van der Waals surface area contributed by atoms with Crippen LogP contribution in [0, 0.1) is 6.92 Å². The van der Waals surface area contributed by atoms with Gasteiger partial charge in [-0.2, -0.15) is 0 Å². The molecule has 0 aliphatic heterocycles. The van der Waals surface area contributed by atoms with Crippen LogP contribution < -0.4 is 4.90 Å². The Morgan fingerprint density at radius 3 is 2.43 bits per heavy atom. The van der Waals surface area contributed by atoms with Crippen LogP contribution in [0.5, 0.6) is 0 Å². The molecule has 3 aromatic rings. The van der Waals surface area contributed by atoms with Gasteiger partial charge >= 0.3 is 0 Å². The molecule has 0 atom stereocenters. The monoisotopic (exact) mass is 304 g/mol. The Balaban J connectivity index is 1.94. The van der Waals surface area contributed by atoms with E-state index in [0.29, 0.717) is 12.1 Å². The smallest absolute Gasteiger partial charge is 0.258 e. The van der Waals surface area contributed by atoms with E-state index in [-0.39, 0.29) is 5.91 Å². The second-order valence-corrected chi connectivity index (χ2v) is 5.53. The van der Waals surface area contributed by atoms with Crippen LogP contribution in [0.4, 0.5) is 5.69 Å². The molecular weight excluding hydrogens is 284 g/mol. The van der Waals surface area contributed by atoms with E-state index in [0.717, 1.165) is 16.9 Å². The van der Waals surface area contributed by atoms with Crippen LogP contribution in [0.1, 0.15) is 22.8 Å². The Morgan fingerprint density at radius 1 is 1.00 bits per heavy atom. The molecule has 0 fully saturated rings. The van der Waals surface area contributed by atoms with Crippen molar-refractivity contribution in [3.63, 3.8) is 0 Å². The molecular formula is C20H20N2O. The molecule has 0 spiro atoms. The van der Waals surface area contributed by atoms with Gasteiger partial charge in [-0.25, -0.2) is 0 Å². The van der Waals surface area contributed by atoms with Crippen molar-refractivity contribution in [2.75, 3.05) is 11.4 Å². The number of carbonyl (C=O) groups is 1. The van der Waals surface area contributed by atoms with Gasteiger partial charge in [-0.1, -0.05) is 18.2 Å². The van der Waals surface area contributed by atoms with E-state index in [1.807, 2.05) is 96.4 Å². The topological polar surface area (TPSA) is 25.2 Å². The summed E-state index contributed by atoms with van der Waals surface area (Å²) >= 11 is 0. The molecule has 116 valence electrons. The van der Waals surface area contributed by atoms with Crippen LogP contribution in [0.3, 0.4) is 0 Å². The summed E-state index contributed by atoms with van der Waals surface area (Å²) in [6.45, 7) is 4.67. The Kier molecular flexibility index (Phi) is 4.29. The first-order valence-corrected chi connectivity index (χ1v) is 7.81. The molecule has 0 saturated heterocycles. The molecule has 0 unspecified atom stereocenters. The number of nitrogens with zero attached hydrogens (tertiary/aromatic N) is 2. The minimum atomic E-state index is 0.0205. The van der Waals surface area contributed by atoms with Crippen LogP contribution in [0.15, 0.2) is 73.1 Å². The maximum absolute atomic E-state index is 12.9. The van der Waals surface area contributed by atoms with E-state index in [9.17, 15) is 4.79 Å². The largest absolute Gasteiger partial charge is 0.324 e. The van der Waals surface area contributed by atoms with Gasteiger partial charge in [-0.15, -0.1) is 0 Å². The van der Waals surface area contributed by atoms with Gasteiger partial charge in [-0.05, 0) is 61.9 Å². The van der Waals surface area contributed by atoms with Gasteiger partial charge in [0, 0.05) is 35.9 Å². The van der Waals surface area contributed by atoms with Gasteiger partial charge in [-0.3, -0.25) is 4.79 Å². The molecule has 1 heterocycles. The number of benzene rings is 2. The normalized spacial score (nSPS) is 10.5. The van der Waals surface area contributed by atoms with Gasteiger partial charge < -0.3 is 9.47 Å². The van der Waals surface area contributed by atoms with Crippen molar-refractivity contribution in [2.45, 2.75) is 13.8 Å². The van der Waals surface area contributed by atoms with Gasteiger partial charge in [0.25, 0.3) is 5.91 Å². The molecule has 1 amide bonds. The zero-order chi connectivity index (χ0) is 16.2. The maximum Gasteiger partial charge on any atom is 0.258 e. The molecule has 2 aromatic carbocycles. The predicted molar refractivity (Wildman–Crippen MR) is 94.3 cm³/mol. The Bertz CT molecular complexity index is 806. The Morgan fingerprint density at radius 2 is 1.74 bits per heavy atom. The van der Waals surface area contributed by atoms with Crippen molar-refractivity contribution in [3.05, 3.63) is 84.2 Å². The van der Waals surface area contributed by atoms with Crippen molar-refractivity contribution < 1.29 is 4.79 Å². The first kappa shape index (κ1) is 15.1. The highest BCUT2D eigenvalue weighted by Gasteiger charge is 2.16. The first-order valence-electron chi connectivity index (χ1n) is 7.81. The summed E-state index contributed by atoms with van der Waals surface area (Å²) in [6, 6.07) is 19.7. The van der Waals surface area contributed by atoms with Gasteiger partial charge in [0.2, 0.25) is 0 Å². The Labute approximate surface area is 136 Å². The highest BCUT2D eigenvalue weighted by atomic mass is 16.2. The van der Waals surface area contributed by atoms with Gasteiger partial charge in [0.1, 0.15) is 0 Å². The van der Waals surface area contributed by atoms with Gasteiger partial charge in [0.15, 0.2) is 0 Å². The molecule has 0 N–H and O–H groups in total. The van der Waals surface area contributed by atoms with Crippen LogP contribution >= 0.6 is 0 Å². The van der Waals surface area contributed by atoms with Crippen molar-refractivity contribution in [2.24, 2.45) is 0 Å². The van der Waals surface area contributed by atoms with E-state index in [2.05, 4.69) is 0 Å². The second-order valence-electron chi connectivity index (χ2n) is 5.53. The summed E-state index contributed by atoms with van der Waals surface area (Å²) in [6.07, 6.45) is 3.95. The zero-order valence-electron chi connectivity index (χ0n) is 13.4. The predicted octanol–water partition coefficient (Wildman–Crippen LogP) is 4.45. The summed E-state index contributed by atoms with van der Waals surface area (Å²) in [5, 5.41) is 0. The number of hydrogen-bond donors (Lipinski definition) is 0. The fourth-order valence-electron chi connectivity index (χ4n) is 2.70. The summed E-state index contributed by atoms with van der Waals surface area (Å²) in [4.78, 5) is 14.7. The van der Waals surface area contributed by atoms with E-state index < -0.39 is 0 Å². The van der Waals surface area contributed by atoms with Crippen LogP contribution in [0.25, 0.3) is 5.69 Å². The minimum absolute atomic E-state index is 0.0205. The lowest BCUT2D eigenvalue weighted by Gasteiger charge is -2.22. The number of aromatic nitrogens is 1. The average molecular weight is 304 g/mol. The quantitative estimate of drug-likeness (QED) is 0.699. The van der Waals surface area contributed by atoms with E-state index in [1.54, 1.807) is 0 Å². The number of anilines is 1. The maximum atomic E-state index is 12.9. The molecule has 3 nitrogen and oxygen atoms in total. The van der Waals surface area contributed by atoms with E-state index in [1.165, 1.54) is 0 Å².